The van der Waals surface area contributed by atoms with Crippen LogP contribution in [0.4, 0.5) is 0 Å². The van der Waals surface area contributed by atoms with Gasteiger partial charge in [-0.3, -0.25) is 4.90 Å². The summed E-state index contributed by atoms with van der Waals surface area (Å²) in [6.07, 6.45) is 5.33. The molecule has 0 aliphatic carbocycles. The smallest absolute Gasteiger partial charge is 0.119 e. The summed E-state index contributed by atoms with van der Waals surface area (Å²) < 4.78 is 11.4. The van der Waals surface area contributed by atoms with Crippen LogP contribution in [0.25, 0.3) is 11.1 Å². The van der Waals surface area contributed by atoms with Gasteiger partial charge in [0.2, 0.25) is 0 Å². The Hall–Kier alpha value is -2.75. The molecule has 0 unspecified atom stereocenters. The Bertz CT molecular complexity index is 1060. The highest BCUT2D eigenvalue weighted by molar-refractivity contribution is 6.30. The molecule has 178 valence electrons. The molecule has 0 saturated carbocycles. The summed E-state index contributed by atoms with van der Waals surface area (Å²) in [6.45, 7) is 6.28. The first kappa shape index (κ1) is 24.4. The van der Waals surface area contributed by atoms with Gasteiger partial charge in [-0.25, -0.2) is 0 Å². The second-order valence-corrected chi connectivity index (χ2v) is 9.30. The molecule has 0 bridgehead atoms. The van der Waals surface area contributed by atoms with E-state index in [1.165, 1.54) is 49.9 Å². The van der Waals surface area contributed by atoms with Crippen molar-refractivity contribution in [1.82, 2.24) is 4.90 Å². The van der Waals surface area contributed by atoms with E-state index in [0.717, 1.165) is 46.4 Å². The van der Waals surface area contributed by atoms with Gasteiger partial charge in [-0.15, -0.1) is 0 Å². The zero-order chi connectivity index (χ0) is 23.8. The average Bonchev–Trinajstić information content (AvgIpc) is 3.15. The fraction of sp³-hybridized carbons (Fsp3) is 0.333. The van der Waals surface area contributed by atoms with Crippen molar-refractivity contribution in [3.8, 4) is 11.5 Å². The summed E-state index contributed by atoms with van der Waals surface area (Å²) in [5, 5.41) is 0.735. The van der Waals surface area contributed by atoms with E-state index in [1.807, 2.05) is 24.3 Å². The molecule has 1 fully saturated rings. The SMILES string of the molecule is COc1ccc(/C(C)=C(\c2ccc(Cl)cc2)c2ccc(OCCN3CCCCCC3)cc2)cc1. The minimum atomic E-state index is 0.726. The Kier molecular flexibility index (Phi) is 8.67. The predicted octanol–water partition coefficient (Wildman–Crippen LogP) is 7.58. The molecular formula is C30H34ClNO2. The highest BCUT2D eigenvalue weighted by Gasteiger charge is 2.12. The van der Waals surface area contributed by atoms with E-state index in [2.05, 4.69) is 60.4 Å². The number of hydrogen-bond acceptors (Lipinski definition) is 3. The third-order valence-electron chi connectivity index (χ3n) is 6.55. The van der Waals surface area contributed by atoms with Gasteiger partial charge in [-0.2, -0.15) is 0 Å². The van der Waals surface area contributed by atoms with Gasteiger partial charge in [-0.05, 0) is 97.1 Å². The molecule has 1 heterocycles. The number of rotatable bonds is 8. The van der Waals surface area contributed by atoms with Crippen LogP contribution in [0.2, 0.25) is 5.02 Å². The summed E-state index contributed by atoms with van der Waals surface area (Å²) in [5.41, 5.74) is 5.81. The molecule has 4 rings (SSSR count). The number of hydrogen-bond donors (Lipinski definition) is 0. The number of benzene rings is 3. The summed E-state index contributed by atoms with van der Waals surface area (Å²) in [4.78, 5) is 2.53. The molecule has 0 atom stereocenters. The third kappa shape index (κ3) is 6.43. The molecule has 0 spiro atoms. The Morgan fingerprint density at radius 3 is 1.85 bits per heavy atom. The maximum absolute atomic E-state index is 6.18. The zero-order valence-corrected chi connectivity index (χ0v) is 21.0. The van der Waals surface area contributed by atoms with Crippen LogP contribution in [-0.2, 0) is 0 Å². The predicted molar refractivity (Wildman–Crippen MR) is 143 cm³/mol. The molecule has 0 amide bonds. The second-order valence-electron chi connectivity index (χ2n) is 8.86. The first-order chi connectivity index (χ1) is 16.6. The number of likely N-dealkylation sites (tertiary alicyclic amines) is 1. The second kappa shape index (κ2) is 12.1. The monoisotopic (exact) mass is 475 g/mol. The topological polar surface area (TPSA) is 21.7 Å². The van der Waals surface area contributed by atoms with Crippen LogP contribution in [0.5, 0.6) is 11.5 Å². The van der Waals surface area contributed by atoms with Crippen molar-refractivity contribution in [1.29, 1.82) is 0 Å². The lowest BCUT2D eigenvalue weighted by atomic mass is 9.90. The van der Waals surface area contributed by atoms with Gasteiger partial charge in [0.25, 0.3) is 0 Å². The molecule has 3 nitrogen and oxygen atoms in total. The molecule has 0 radical (unpaired) electrons. The maximum Gasteiger partial charge on any atom is 0.119 e. The molecule has 3 aromatic carbocycles. The van der Waals surface area contributed by atoms with Gasteiger partial charge in [0.1, 0.15) is 18.1 Å². The van der Waals surface area contributed by atoms with Crippen LogP contribution >= 0.6 is 11.6 Å². The largest absolute Gasteiger partial charge is 0.497 e. The maximum atomic E-state index is 6.18. The van der Waals surface area contributed by atoms with Crippen molar-refractivity contribution in [2.45, 2.75) is 32.6 Å². The van der Waals surface area contributed by atoms with E-state index in [-0.39, 0.29) is 0 Å². The van der Waals surface area contributed by atoms with Crippen molar-refractivity contribution in [3.63, 3.8) is 0 Å². The van der Waals surface area contributed by atoms with Gasteiger partial charge in [0, 0.05) is 11.6 Å². The van der Waals surface area contributed by atoms with E-state index >= 15 is 0 Å². The van der Waals surface area contributed by atoms with E-state index in [9.17, 15) is 0 Å². The van der Waals surface area contributed by atoms with Crippen LogP contribution in [-0.4, -0.2) is 38.3 Å². The highest BCUT2D eigenvalue weighted by atomic mass is 35.5. The van der Waals surface area contributed by atoms with Crippen LogP contribution in [0.1, 0.15) is 49.3 Å². The van der Waals surface area contributed by atoms with Gasteiger partial charge < -0.3 is 9.47 Å². The normalized spacial score (nSPS) is 15.4. The van der Waals surface area contributed by atoms with Crippen molar-refractivity contribution in [2.24, 2.45) is 0 Å². The molecule has 1 saturated heterocycles. The molecule has 0 aromatic heterocycles. The summed E-state index contributed by atoms with van der Waals surface area (Å²) in [7, 11) is 1.69. The summed E-state index contributed by atoms with van der Waals surface area (Å²) in [6, 6.07) is 24.7. The first-order valence-corrected chi connectivity index (χ1v) is 12.6. The van der Waals surface area contributed by atoms with E-state index < -0.39 is 0 Å². The lowest BCUT2D eigenvalue weighted by molar-refractivity contribution is 0.214. The van der Waals surface area contributed by atoms with Crippen LogP contribution in [0.3, 0.4) is 0 Å². The molecular weight excluding hydrogens is 442 g/mol. The van der Waals surface area contributed by atoms with Crippen LogP contribution < -0.4 is 9.47 Å². The fourth-order valence-corrected chi connectivity index (χ4v) is 4.70. The number of ether oxygens (including phenoxy) is 2. The Labute approximate surface area is 209 Å². The number of nitrogens with zero attached hydrogens (tertiary/aromatic N) is 1. The van der Waals surface area contributed by atoms with Crippen LogP contribution in [0, 0.1) is 0 Å². The molecule has 3 aromatic rings. The average molecular weight is 476 g/mol. The van der Waals surface area contributed by atoms with Gasteiger partial charge in [0.15, 0.2) is 0 Å². The van der Waals surface area contributed by atoms with E-state index in [0.29, 0.717) is 0 Å². The van der Waals surface area contributed by atoms with Crippen molar-refractivity contribution in [2.75, 3.05) is 33.4 Å². The number of halogens is 1. The molecule has 4 heteroatoms. The lowest BCUT2D eigenvalue weighted by Gasteiger charge is -2.20. The van der Waals surface area contributed by atoms with Gasteiger partial charge >= 0.3 is 0 Å². The van der Waals surface area contributed by atoms with Crippen molar-refractivity contribution >= 4 is 22.7 Å². The van der Waals surface area contributed by atoms with Crippen molar-refractivity contribution < 1.29 is 9.47 Å². The van der Waals surface area contributed by atoms with Crippen LogP contribution in [0.15, 0.2) is 72.8 Å². The van der Waals surface area contributed by atoms with E-state index in [1.54, 1.807) is 7.11 Å². The Morgan fingerprint density at radius 2 is 1.26 bits per heavy atom. The molecule has 1 aliphatic rings. The number of methoxy groups -OCH3 is 1. The van der Waals surface area contributed by atoms with E-state index in [4.69, 9.17) is 21.1 Å². The zero-order valence-electron chi connectivity index (χ0n) is 20.2. The lowest BCUT2D eigenvalue weighted by Crippen LogP contribution is -2.29. The summed E-state index contributed by atoms with van der Waals surface area (Å²) >= 11 is 6.18. The quantitative estimate of drug-likeness (QED) is 0.313. The molecule has 34 heavy (non-hydrogen) atoms. The third-order valence-corrected chi connectivity index (χ3v) is 6.80. The Balaban J connectivity index is 1.54. The standard InChI is InChI=1S/C30H34ClNO2/c1-23(24-9-15-28(33-2)16-10-24)30(25-7-13-27(31)14-8-25)26-11-17-29(18-12-26)34-22-21-32-19-5-3-4-6-20-32/h7-18H,3-6,19-22H2,1-2H3/b30-23+. The fourth-order valence-electron chi connectivity index (χ4n) is 4.57. The minimum Gasteiger partial charge on any atom is -0.497 e. The summed E-state index contributed by atoms with van der Waals surface area (Å²) in [5.74, 6) is 1.77. The van der Waals surface area contributed by atoms with Gasteiger partial charge in [0.05, 0.1) is 7.11 Å². The molecule has 0 N–H and O–H groups in total. The number of allylic oxidation sites excluding steroid dienone is 1. The molecule has 1 aliphatic heterocycles. The first-order valence-electron chi connectivity index (χ1n) is 12.2. The van der Waals surface area contributed by atoms with Crippen molar-refractivity contribution in [3.05, 3.63) is 94.5 Å². The highest BCUT2D eigenvalue weighted by Crippen LogP contribution is 2.34. The minimum absolute atomic E-state index is 0.726. The van der Waals surface area contributed by atoms with Gasteiger partial charge in [-0.1, -0.05) is 60.8 Å². The Morgan fingerprint density at radius 1 is 0.735 bits per heavy atom.